The number of sulfonamides is 1. The number of nitrogens with one attached hydrogen (secondary N) is 1. The molecule has 2 rings (SSSR count). The van der Waals surface area contributed by atoms with Gasteiger partial charge in [-0.1, -0.05) is 0 Å². The number of piperidine rings is 1. The van der Waals surface area contributed by atoms with Crippen LogP contribution in [0.2, 0.25) is 0 Å². The second kappa shape index (κ2) is 5.81. The average molecular weight is 300 g/mol. The second-order valence-corrected chi connectivity index (χ2v) is 6.43. The minimum Gasteiger partial charge on any atom is -0.316 e. The summed E-state index contributed by atoms with van der Waals surface area (Å²) in [5, 5.41) is 13.5. The lowest BCUT2D eigenvalue weighted by Crippen LogP contribution is -2.47. The largest absolute Gasteiger partial charge is 0.316 e. The van der Waals surface area contributed by atoms with Crippen LogP contribution in [0.1, 0.15) is 12.8 Å². The highest BCUT2D eigenvalue weighted by Crippen LogP contribution is 2.26. The van der Waals surface area contributed by atoms with Gasteiger partial charge in [0, 0.05) is 31.4 Å². The molecule has 1 atom stereocenters. The van der Waals surface area contributed by atoms with Crippen LogP contribution in [0.5, 0.6) is 0 Å². The molecule has 20 heavy (non-hydrogen) atoms. The van der Waals surface area contributed by atoms with Crippen molar-refractivity contribution in [2.24, 2.45) is 0 Å². The molecule has 0 aliphatic carbocycles. The van der Waals surface area contributed by atoms with Crippen molar-refractivity contribution in [3.8, 4) is 0 Å². The van der Waals surface area contributed by atoms with Crippen LogP contribution in [-0.2, 0) is 10.0 Å². The van der Waals surface area contributed by atoms with Gasteiger partial charge in [0.15, 0.2) is 0 Å². The molecule has 0 spiro atoms. The molecule has 8 nitrogen and oxygen atoms in total. The van der Waals surface area contributed by atoms with Gasteiger partial charge in [-0.15, -0.1) is 0 Å². The Morgan fingerprint density at radius 2 is 2.30 bits per heavy atom. The molecule has 1 aliphatic heterocycles. The lowest BCUT2D eigenvalue weighted by atomic mass is 10.1. The first-order chi connectivity index (χ1) is 9.46. The fourth-order valence-corrected chi connectivity index (χ4v) is 3.83. The van der Waals surface area contributed by atoms with Gasteiger partial charge in [-0.05, 0) is 26.0 Å². The van der Waals surface area contributed by atoms with Crippen molar-refractivity contribution in [1.29, 1.82) is 0 Å². The number of nitro groups is 1. The van der Waals surface area contributed by atoms with E-state index in [1.807, 2.05) is 0 Å². The summed E-state index contributed by atoms with van der Waals surface area (Å²) < 4.78 is 26.3. The van der Waals surface area contributed by atoms with Gasteiger partial charge in [-0.2, -0.15) is 4.31 Å². The maximum absolute atomic E-state index is 12.5. The maximum atomic E-state index is 12.5. The van der Waals surface area contributed by atoms with Crippen LogP contribution in [0.3, 0.4) is 0 Å². The number of hydrogen-bond donors (Lipinski definition) is 1. The lowest BCUT2D eigenvalue weighted by molar-refractivity contribution is -0.388. The normalized spacial score (nSPS) is 20.8. The molecule has 0 saturated carbocycles. The second-order valence-electron chi connectivity index (χ2n) is 4.58. The van der Waals surface area contributed by atoms with Crippen LogP contribution in [-0.4, -0.2) is 48.8 Å². The molecule has 0 amide bonds. The molecule has 9 heteroatoms. The molecular weight excluding hydrogens is 284 g/mol. The summed E-state index contributed by atoms with van der Waals surface area (Å²) in [6.07, 6.45) is 2.84. The molecule has 0 aromatic carbocycles. The molecule has 1 aromatic heterocycles. The highest BCUT2D eigenvalue weighted by atomic mass is 32.2. The van der Waals surface area contributed by atoms with Gasteiger partial charge >= 0.3 is 5.69 Å². The fraction of sp³-hybridized carbons (Fsp3) is 0.545. The highest BCUT2D eigenvalue weighted by molar-refractivity contribution is 7.89. The Hall–Kier alpha value is -1.58. The van der Waals surface area contributed by atoms with Gasteiger partial charge in [0.2, 0.25) is 5.03 Å². The Morgan fingerprint density at radius 1 is 1.55 bits per heavy atom. The zero-order valence-corrected chi connectivity index (χ0v) is 11.8. The Labute approximate surface area is 117 Å². The summed E-state index contributed by atoms with van der Waals surface area (Å²) in [5.41, 5.74) is -0.487. The molecule has 1 fully saturated rings. The first kappa shape index (κ1) is 14.8. The molecule has 1 N–H and O–H groups in total. The van der Waals surface area contributed by atoms with E-state index in [2.05, 4.69) is 10.3 Å². The van der Waals surface area contributed by atoms with E-state index in [0.29, 0.717) is 19.5 Å². The van der Waals surface area contributed by atoms with E-state index in [0.717, 1.165) is 12.5 Å². The molecule has 1 aliphatic rings. The molecule has 2 heterocycles. The number of aromatic nitrogens is 1. The number of nitrogens with zero attached hydrogens (tertiary/aromatic N) is 3. The standard InChI is InChI=1S/C11H16N4O4S/c1-12-9-4-3-7-14(8-9)20(18,19)11-10(15(16)17)5-2-6-13-11/h2,5-6,9,12H,3-4,7-8H2,1H3. The smallest absolute Gasteiger partial charge is 0.308 e. The maximum Gasteiger partial charge on any atom is 0.308 e. The average Bonchev–Trinajstić information content (AvgIpc) is 2.47. The van der Waals surface area contributed by atoms with Gasteiger partial charge in [-0.3, -0.25) is 10.1 Å². The highest BCUT2D eigenvalue weighted by Gasteiger charge is 2.35. The molecule has 110 valence electrons. The van der Waals surface area contributed by atoms with Gasteiger partial charge in [-0.25, -0.2) is 13.4 Å². The summed E-state index contributed by atoms with van der Waals surface area (Å²) in [7, 11) is -2.17. The topological polar surface area (TPSA) is 105 Å². The SMILES string of the molecule is CNC1CCCN(S(=O)(=O)c2ncccc2[N+](=O)[O-])C1. The number of likely N-dealkylation sites (N-methyl/N-ethyl adjacent to an activating group) is 1. The van der Waals surface area contributed by atoms with E-state index in [9.17, 15) is 18.5 Å². The van der Waals surface area contributed by atoms with Crippen LogP contribution in [0, 0.1) is 10.1 Å². The molecule has 1 aromatic rings. The third-order valence-corrected chi connectivity index (χ3v) is 5.14. The van der Waals surface area contributed by atoms with Gasteiger partial charge < -0.3 is 5.32 Å². The quantitative estimate of drug-likeness (QED) is 0.636. The summed E-state index contributed by atoms with van der Waals surface area (Å²) in [6.45, 7) is 0.654. The summed E-state index contributed by atoms with van der Waals surface area (Å²) in [6, 6.07) is 2.56. The Bertz CT molecular complexity index is 604. The third kappa shape index (κ3) is 2.79. The van der Waals surface area contributed by atoms with Crippen molar-refractivity contribution in [2.45, 2.75) is 23.9 Å². The molecule has 1 unspecified atom stereocenters. The molecule has 1 saturated heterocycles. The molecule has 0 bridgehead atoms. The van der Waals surface area contributed by atoms with Crippen molar-refractivity contribution in [1.82, 2.24) is 14.6 Å². The van der Waals surface area contributed by atoms with E-state index in [1.54, 1.807) is 7.05 Å². The predicted octanol–water partition coefficient (Wildman–Crippen LogP) is 0.362. The van der Waals surface area contributed by atoms with Gasteiger partial charge in [0.05, 0.1) is 4.92 Å². The summed E-state index contributed by atoms with van der Waals surface area (Å²) >= 11 is 0. The van der Waals surface area contributed by atoms with Crippen molar-refractivity contribution in [3.05, 3.63) is 28.4 Å². The number of pyridine rings is 1. The van der Waals surface area contributed by atoms with Crippen LogP contribution in [0.15, 0.2) is 23.4 Å². The van der Waals surface area contributed by atoms with Crippen LogP contribution in [0.25, 0.3) is 0 Å². The Kier molecular flexibility index (Phi) is 4.31. The summed E-state index contributed by atoms with van der Waals surface area (Å²) in [4.78, 5) is 13.9. The van der Waals surface area contributed by atoms with Crippen LogP contribution >= 0.6 is 0 Å². The molecule has 0 radical (unpaired) electrons. The number of rotatable bonds is 4. The van der Waals surface area contributed by atoms with Crippen LogP contribution in [0.4, 0.5) is 5.69 Å². The minimum absolute atomic E-state index is 0.0568. The Morgan fingerprint density at radius 3 is 2.95 bits per heavy atom. The first-order valence-corrected chi connectivity index (χ1v) is 7.67. The van der Waals surface area contributed by atoms with Crippen molar-refractivity contribution >= 4 is 15.7 Å². The van der Waals surface area contributed by atoms with E-state index in [-0.39, 0.29) is 6.04 Å². The van der Waals surface area contributed by atoms with Gasteiger partial charge in [0.25, 0.3) is 10.0 Å². The molecular formula is C11H16N4O4S. The van der Waals surface area contributed by atoms with Gasteiger partial charge in [0.1, 0.15) is 0 Å². The van der Waals surface area contributed by atoms with Crippen molar-refractivity contribution < 1.29 is 13.3 Å². The first-order valence-electron chi connectivity index (χ1n) is 6.23. The van der Waals surface area contributed by atoms with E-state index >= 15 is 0 Å². The van der Waals surface area contributed by atoms with E-state index < -0.39 is 25.7 Å². The zero-order chi connectivity index (χ0) is 14.8. The van der Waals surface area contributed by atoms with E-state index in [1.165, 1.54) is 16.6 Å². The third-order valence-electron chi connectivity index (χ3n) is 3.32. The summed E-state index contributed by atoms with van der Waals surface area (Å²) in [5.74, 6) is 0. The monoisotopic (exact) mass is 300 g/mol. The van der Waals surface area contributed by atoms with E-state index in [4.69, 9.17) is 0 Å². The van der Waals surface area contributed by atoms with Crippen LogP contribution < -0.4 is 5.32 Å². The van der Waals surface area contributed by atoms with Crippen molar-refractivity contribution in [2.75, 3.05) is 20.1 Å². The zero-order valence-electron chi connectivity index (χ0n) is 11.0. The fourth-order valence-electron chi connectivity index (χ4n) is 2.24. The number of hydrogen-bond acceptors (Lipinski definition) is 6. The van der Waals surface area contributed by atoms with Crippen molar-refractivity contribution in [3.63, 3.8) is 0 Å². The predicted molar refractivity (Wildman–Crippen MR) is 71.7 cm³/mol. The minimum atomic E-state index is -3.94. The Balaban J connectivity index is 2.38. The lowest BCUT2D eigenvalue weighted by Gasteiger charge is -2.31.